The van der Waals surface area contributed by atoms with Crippen LogP contribution in [0.15, 0.2) is 45.8 Å². The molecule has 4 nitrogen and oxygen atoms in total. The van der Waals surface area contributed by atoms with E-state index >= 15 is 0 Å². The van der Waals surface area contributed by atoms with E-state index in [1.165, 1.54) is 6.07 Å². The van der Waals surface area contributed by atoms with Crippen LogP contribution in [0, 0.1) is 13.8 Å². The van der Waals surface area contributed by atoms with Gasteiger partial charge >= 0.3 is 6.36 Å². The van der Waals surface area contributed by atoms with Crippen LogP contribution >= 0.6 is 15.9 Å². The molecule has 26 heavy (non-hydrogen) atoms. The lowest BCUT2D eigenvalue weighted by Crippen LogP contribution is -2.27. The molecule has 2 aromatic rings. The number of sulfonamides is 1. The number of halogens is 4. The highest BCUT2D eigenvalue weighted by Crippen LogP contribution is 2.32. The molecule has 2 rings (SSSR count). The van der Waals surface area contributed by atoms with Gasteiger partial charge in [0, 0.05) is 11.0 Å². The Kier molecular flexibility index (Phi) is 6.36. The molecule has 0 fully saturated rings. The molecule has 0 unspecified atom stereocenters. The van der Waals surface area contributed by atoms with Crippen molar-refractivity contribution in [1.82, 2.24) is 4.72 Å². The normalized spacial score (nSPS) is 12.2. The number of aryl methyl sites for hydroxylation is 2. The van der Waals surface area contributed by atoms with E-state index in [0.29, 0.717) is 6.42 Å². The van der Waals surface area contributed by atoms with Gasteiger partial charge in [0.25, 0.3) is 0 Å². The zero-order valence-corrected chi connectivity index (χ0v) is 16.4. The van der Waals surface area contributed by atoms with Gasteiger partial charge in [0.1, 0.15) is 4.90 Å². The minimum Gasteiger partial charge on any atom is -0.404 e. The van der Waals surface area contributed by atoms with Crippen LogP contribution in [-0.2, 0) is 16.4 Å². The van der Waals surface area contributed by atoms with E-state index < -0.39 is 27.0 Å². The van der Waals surface area contributed by atoms with Crippen LogP contribution in [-0.4, -0.2) is 21.3 Å². The average molecular weight is 452 g/mol. The van der Waals surface area contributed by atoms with Gasteiger partial charge in [0.15, 0.2) is 5.75 Å². The first-order chi connectivity index (χ1) is 12.0. The number of benzene rings is 2. The number of nitrogens with one attached hydrogen (secondary N) is 1. The summed E-state index contributed by atoms with van der Waals surface area (Å²) in [5.74, 6) is -0.786. The Bertz CT molecular complexity index is 899. The third-order valence-electron chi connectivity index (χ3n) is 3.61. The summed E-state index contributed by atoms with van der Waals surface area (Å²) >= 11 is 3.01. The van der Waals surface area contributed by atoms with Crippen molar-refractivity contribution in [3.63, 3.8) is 0 Å². The topological polar surface area (TPSA) is 55.4 Å². The summed E-state index contributed by atoms with van der Waals surface area (Å²) in [4.78, 5) is -0.571. The fraction of sp³-hybridized carbons (Fsp3) is 0.294. The van der Waals surface area contributed by atoms with Crippen molar-refractivity contribution >= 4 is 26.0 Å². The molecule has 0 aromatic heterocycles. The first-order valence-corrected chi connectivity index (χ1v) is 9.87. The van der Waals surface area contributed by atoms with Crippen molar-refractivity contribution in [2.75, 3.05) is 6.54 Å². The van der Waals surface area contributed by atoms with Gasteiger partial charge in [-0.1, -0.05) is 39.7 Å². The Morgan fingerprint density at radius 1 is 1.12 bits per heavy atom. The highest BCUT2D eigenvalue weighted by Gasteiger charge is 2.34. The first-order valence-electron chi connectivity index (χ1n) is 7.59. The predicted octanol–water partition coefficient (Wildman–Crippen LogP) is 4.49. The average Bonchev–Trinajstić information content (AvgIpc) is 2.47. The van der Waals surface area contributed by atoms with Crippen molar-refractivity contribution in [3.05, 3.63) is 57.6 Å². The minimum atomic E-state index is -5.00. The van der Waals surface area contributed by atoms with Crippen molar-refractivity contribution in [2.45, 2.75) is 31.5 Å². The number of ether oxygens (including phenoxy) is 1. The number of rotatable bonds is 6. The maximum absolute atomic E-state index is 12.5. The summed E-state index contributed by atoms with van der Waals surface area (Å²) < 4.78 is 68.9. The first kappa shape index (κ1) is 20.7. The second kappa shape index (κ2) is 7.98. The second-order valence-electron chi connectivity index (χ2n) is 5.72. The maximum Gasteiger partial charge on any atom is 0.573 e. The molecule has 0 saturated heterocycles. The van der Waals surface area contributed by atoms with Gasteiger partial charge in [0.05, 0.1) is 0 Å². The molecule has 0 aliphatic rings. The van der Waals surface area contributed by atoms with E-state index in [-0.39, 0.29) is 11.0 Å². The Balaban J connectivity index is 2.17. The lowest BCUT2D eigenvalue weighted by molar-refractivity contribution is -0.275. The Morgan fingerprint density at radius 3 is 2.42 bits per heavy atom. The molecule has 2 aromatic carbocycles. The van der Waals surface area contributed by atoms with Crippen LogP contribution < -0.4 is 9.46 Å². The van der Waals surface area contributed by atoms with Crippen LogP contribution in [0.25, 0.3) is 0 Å². The number of alkyl halides is 3. The van der Waals surface area contributed by atoms with E-state index in [1.807, 2.05) is 32.0 Å². The molecule has 0 spiro atoms. The summed E-state index contributed by atoms with van der Waals surface area (Å²) in [6.45, 7) is 3.92. The van der Waals surface area contributed by atoms with Gasteiger partial charge in [-0.25, -0.2) is 13.1 Å². The summed E-state index contributed by atoms with van der Waals surface area (Å²) in [5, 5.41) is 0. The van der Waals surface area contributed by atoms with Gasteiger partial charge in [-0.2, -0.15) is 0 Å². The molecule has 142 valence electrons. The van der Waals surface area contributed by atoms with E-state index in [2.05, 4.69) is 25.4 Å². The monoisotopic (exact) mass is 451 g/mol. The second-order valence-corrected chi connectivity index (χ2v) is 8.37. The van der Waals surface area contributed by atoms with E-state index in [4.69, 9.17) is 0 Å². The molecule has 0 aliphatic heterocycles. The standard InChI is InChI=1S/C17H17BrF3NO3S/c1-11-3-4-13(12(2)9-11)7-8-22-26(23,24)16-6-5-14(18)10-15(16)25-17(19,20)21/h3-6,9-10,22H,7-8H2,1-2H3. The summed E-state index contributed by atoms with van der Waals surface area (Å²) in [7, 11) is -4.17. The quantitative estimate of drug-likeness (QED) is 0.703. The third kappa shape index (κ3) is 5.72. The smallest absolute Gasteiger partial charge is 0.404 e. The zero-order valence-electron chi connectivity index (χ0n) is 14.0. The fourth-order valence-electron chi connectivity index (χ4n) is 2.43. The Labute approximate surface area is 158 Å². The number of hydrogen-bond acceptors (Lipinski definition) is 3. The van der Waals surface area contributed by atoms with Crippen LogP contribution in [0.2, 0.25) is 0 Å². The van der Waals surface area contributed by atoms with E-state index in [1.54, 1.807) is 0 Å². The lowest BCUT2D eigenvalue weighted by atomic mass is 10.0. The molecular weight excluding hydrogens is 435 g/mol. The predicted molar refractivity (Wildman–Crippen MR) is 95.6 cm³/mol. The molecular formula is C17H17BrF3NO3S. The van der Waals surface area contributed by atoms with Crippen LogP contribution in [0.4, 0.5) is 13.2 Å². The van der Waals surface area contributed by atoms with Gasteiger partial charge < -0.3 is 4.74 Å². The van der Waals surface area contributed by atoms with Crippen molar-refractivity contribution in [2.24, 2.45) is 0 Å². The zero-order chi connectivity index (χ0) is 19.5. The van der Waals surface area contributed by atoms with Gasteiger partial charge in [-0.05, 0) is 49.6 Å². The summed E-state index contributed by atoms with van der Waals surface area (Å²) in [5.41, 5.74) is 3.07. The van der Waals surface area contributed by atoms with E-state index in [9.17, 15) is 21.6 Å². The third-order valence-corrected chi connectivity index (χ3v) is 5.60. The minimum absolute atomic E-state index is 0.0494. The number of hydrogen-bond donors (Lipinski definition) is 1. The van der Waals surface area contributed by atoms with Gasteiger partial charge in [-0.3, -0.25) is 0 Å². The Hall–Kier alpha value is -1.58. The molecule has 0 heterocycles. The highest BCUT2D eigenvalue weighted by molar-refractivity contribution is 9.10. The van der Waals surface area contributed by atoms with Gasteiger partial charge in [0.2, 0.25) is 10.0 Å². The molecule has 0 bridgehead atoms. The van der Waals surface area contributed by atoms with Crippen LogP contribution in [0.3, 0.4) is 0 Å². The van der Waals surface area contributed by atoms with Crippen LogP contribution in [0.1, 0.15) is 16.7 Å². The fourth-order valence-corrected chi connectivity index (χ4v) is 3.91. The van der Waals surface area contributed by atoms with Gasteiger partial charge in [-0.15, -0.1) is 13.2 Å². The Morgan fingerprint density at radius 2 is 1.81 bits per heavy atom. The summed E-state index contributed by atoms with van der Waals surface area (Å²) in [6.07, 6.45) is -4.58. The highest BCUT2D eigenvalue weighted by atomic mass is 79.9. The van der Waals surface area contributed by atoms with E-state index in [0.717, 1.165) is 28.8 Å². The van der Waals surface area contributed by atoms with Crippen molar-refractivity contribution < 1.29 is 26.3 Å². The lowest BCUT2D eigenvalue weighted by Gasteiger charge is -2.15. The molecule has 0 atom stereocenters. The molecule has 9 heteroatoms. The molecule has 0 saturated carbocycles. The van der Waals surface area contributed by atoms with Crippen molar-refractivity contribution in [1.29, 1.82) is 0 Å². The SMILES string of the molecule is Cc1ccc(CCNS(=O)(=O)c2ccc(Br)cc2OC(F)(F)F)c(C)c1. The maximum atomic E-state index is 12.5. The van der Waals surface area contributed by atoms with Crippen LogP contribution in [0.5, 0.6) is 5.75 Å². The summed E-state index contributed by atoms with van der Waals surface area (Å²) in [6, 6.07) is 9.16. The van der Waals surface area contributed by atoms with Crippen molar-refractivity contribution in [3.8, 4) is 5.75 Å². The molecule has 1 N–H and O–H groups in total. The largest absolute Gasteiger partial charge is 0.573 e. The molecule has 0 radical (unpaired) electrons. The molecule has 0 aliphatic carbocycles. The molecule has 0 amide bonds.